The lowest BCUT2D eigenvalue weighted by Crippen LogP contribution is -2.36. The number of hydrazine groups is 1. The van der Waals surface area contributed by atoms with Crippen LogP contribution in [-0.4, -0.2) is 22.4 Å². The standard InChI is InChI=1S/C5H6BrN3O2/c1-4-7-2-5(6)3-8(4)9(10)11/h2H,3H2,1H3. The average molecular weight is 220 g/mol. The van der Waals surface area contributed by atoms with Crippen molar-refractivity contribution in [1.29, 1.82) is 0 Å². The summed E-state index contributed by atoms with van der Waals surface area (Å²) in [5.74, 6) is 0.401. The van der Waals surface area contributed by atoms with E-state index in [-0.39, 0.29) is 6.54 Å². The third-order valence-corrected chi connectivity index (χ3v) is 1.72. The fourth-order valence-electron chi connectivity index (χ4n) is 0.704. The number of rotatable bonds is 1. The normalized spacial score (nSPS) is 17.5. The molecule has 0 aromatic carbocycles. The summed E-state index contributed by atoms with van der Waals surface area (Å²) in [6.07, 6.45) is 1.56. The summed E-state index contributed by atoms with van der Waals surface area (Å²) in [5.41, 5.74) is 0. The molecule has 5 nitrogen and oxygen atoms in total. The van der Waals surface area contributed by atoms with E-state index < -0.39 is 5.03 Å². The van der Waals surface area contributed by atoms with Gasteiger partial charge in [-0.1, -0.05) is 20.9 Å². The summed E-state index contributed by atoms with van der Waals surface area (Å²) < 4.78 is 0.708. The minimum absolute atomic E-state index is 0.252. The molecule has 0 saturated carbocycles. The monoisotopic (exact) mass is 219 g/mol. The Balaban J connectivity index is 2.81. The van der Waals surface area contributed by atoms with E-state index in [1.54, 1.807) is 13.1 Å². The molecule has 0 saturated heterocycles. The molecular formula is C5H6BrN3O2. The molecule has 0 unspecified atom stereocenters. The smallest absolute Gasteiger partial charge is 0.167 e. The lowest BCUT2D eigenvalue weighted by Gasteiger charge is -2.15. The van der Waals surface area contributed by atoms with Crippen LogP contribution in [0.3, 0.4) is 0 Å². The third-order valence-electron chi connectivity index (χ3n) is 1.26. The van der Waals surface area contributed by atoms with Crippen molar-refractivity contribution < 1.29 is 5.03 Å². The minimum atomic E-state index is -0.479. The summed E-state index contributed by atoms with van der Waals surface area (Å²) in [4.78, 5) is 14.1. The first-order chi connectivity index (χ1) is 5.11. The van der Waals surface area contributed by atoms with Gasteiger partial charge in [0, 0.05) is 10.7 Å². The van der Waals surface area contributed by atoms with Gasteiger partial charge in [-0.05, 0) is 6.92 Å². The Hall–Kier alpha value is -0.910. The maximum absolute atomic E-state index is 10.3. The van der Waals surface area contributed by atoms with Gasteiger partial charge >= 0.3 is 0 Å². The van der Waals surface area contributed by atoms with E-state index in [4.69, 9.17) is 0 Å². The quantitative estimate of drug-likeness (QED) is 0.491. The van der Waals surface area contributed by atoms with E-state index in [9.17, 15) is 10.1 Å². The fraction of sp³-hybridized carbons (Fsp3) is 0.400. The number of nitro groups is 1. The Morgan fingerprint density at radius 1 is 1.91 bits per heavy atom. The van der Waals surface area contributed by atoms with Crippen LogP contribution in [0.5, 0.6) is 0 Å². The number of halogens is 1. The van der Waals surface area contributed by atoms with Gasteiger partial charge in [-0.3, -0.25) is 0 Å². The van der Waals surface area contributed by atoms with Crippen LogP contribution in [-0.2, 0) is 0 Å². The van der Waals surface area contributed by atoms with Crippen molar-refractivity contribution in [2.45, 2.75) is 6.92 Å². The average Bonchev–Trinajstić information content (AvgIpc) is 1.94. The Labute approximate surface area is 71.6 Å². The molecule has 0 radical (unpaired) electrons. The topological polar surface area (TPSA) is 58.7 Å². The maximum atomic E-state index is 10.3. The molecule has 0 fully saturated rings. The van der Waals surface area contributed by atoms with Gasteiger partial charge in [0.05, 0.1) is 0 Å². The Morgan fingerprint density at radius 2 is 2.55 bits per heavy atom. The van der Waals surface area contributed by atoms with Crippen molar-refractivity contribution in [3.05, 3.63) is 20.8 Å². The molecule has 0 bridgehead atoms. The van der Waals surface area contributed by atoms with E-state index in [0.717, 1.165) is 5.01 Å². The first-order valence-corrected chi connectivity index (χ1v) is 3.71. The largest absolute Gasteiger partial charge is 0.237 e. The Bertz CT molecular complexity index is 248. The molecule has 60 valence electrons. The van der Waals surface area contributed by atoms with Crippen LogP contribution < -0.4 is 0 Å². The summed E-state index contributed by atoms with van der Waals surface area (Å²) in [5, 5.41) is 10.8. The zero-order valence-electron chi connectivity index (χ0n) is 5.82. The predicted molar refractivity (Wildman–Crippen MR) is 43.8 cm³/mol. The molecule has 1 aliphatic rings. The van der Waals surface area contributed by atoms with Gasteiger partial charge in [0.1, 0.15) is 6.54 Å². The van der Waals surface area contributed by atoms with E-state index >= 15 is 0 Å². The van der Waals surface area contributed by atoms with Crippen LogP contribution in [0.15, 0.2) is 15.7 Å². The molecule has 0 spiro atoms. The first kappa shape index (κ1) is 8.19. The zero-order valence-corrected chi connectivity index (χ0v) is 7.41. The molecule has 0 aliphatic carbocycles. The van der Waals surface area contributed by atoms with Crippen LogP contribution >= 0.6 is 15.9 Å². The van der Waals surface area contributed by atoms with Gasteiger partial charge in [-0.15, -0.1) is 0 Å². The second-order valence-corrected chi connectivity index (χ2v) is 3.07. The second kappa shape index (κ2) is 3.00. The third kappa shape index (κ3) is 1.76. The van der Waals surface area contributed by atoms with Gasteiger partial charge < -0.3 is 0 Å². The van der Waals surface area contributed by atoms with Crippen molar-refractivity contribution >= 4 is 21.8 Å². The van der Waals surface area contributed by atoms with E-state index in [0.29, 0.717) is 10.3 Å². The van der Waals surface area contributed by atoms with E-state index in [1.165, 1.54) is 0 Å². The van der Waals surface area contributed by atoms with Gasteiger partial charge in [-0.2, -0.15) is 0 Å². The van der Waals surface area contributed by atoms with Crippen LogP contribution in [0.1, 0.15) is 6.92 Å². The zero-order chi connectivity index (χ0) is 8.43. The van der Waals surface area contributed by atoms with Crippen molar-refractivity contribution in [2.24, 2.45) is 4.99 Å². The number of hydrogen-bond donors (Lipinski definition) is 0. The SMILES string of the molecule is CC1=NC=C(Br)CN1[N+](=O)[O-]. The lowest BCUT2D eigenvalue weighted by molar-refractivity contribution is -0.627. The van der Waals surface area contributed by atoms with Crippen molar-refractivity contribution in [1.82, 2.24) is 5.01 Å². The fourth-order valence-corrected chi connectivity index (χ4v) is 1.04. The maximum Gasteiger partial charge on any atom is 0.167 e. The first-order valence-electron chi connectivity index (χ1n) is 2.92. The molecule has 0 amide bonds. The van der Waals surface area contributed by atoms with E-state index in [2.05, 4.69) is 20.9 Å². The van der Waals surface area contributed by atoms with Gasteiger partial charge in [0.25, 0.3) is 0 Å². The van der Waals surface area contributed by atoms with Crippen LogP contribution in [0.2, 0.25) is 0 Å². The lowest BCUT2D eigenvalue weighted by atomic mass is 10.5. The molecule has 0 atom stereocenters. The highest BCUT2D eigenvalue weighted by molar-refractivity contribution is 9.11. The highest BCUT2D eigenvalue weighted by Crippen LogP contribution is 2.12. The summed E-state index contributed by atoms with van der Waals surface area (Å²) in [7, 11) is 0. The predicted octanol–water partition coefficient (Wildman–Crippen LogP) is 1.15. The minimum Gasteiger partial charge on any atom is -0.237 e. The molecule has 0 aromatic rings. The van der Waals surface area contributed by atoms with Crippen molar-refractivity contribution in [3.63, 3.8) is 0 Å². The number of hydrogen-bond acceptors (Lipinski definition) is 3. The molecule has 0 aromatic heterocycles. The van der Waals surface area contributed by atoms with E-state index in [1.807, 2.05) is 0 Å². The van der Waals surface area contributed by atoms with Crippen LogP contribution in [0.25, 0.3) is 0 Å². The molecule has 11 heavy (non-hydrogen) atoms. The van der Waals surface area contributed by atoms with Crippen molar-refractivity contribution in [2.75, 3.05) is 6.54 Å². The van der Waals surface area contributed by atoms with Gasteiger partial charge in [0.2, 0.25) is 0 Å². The highest BCUT2D eigenvalue weighted by atomic mass is 79.9. The molecule has 1 rings (SSSR count). The molecule has 6 heteroatoms. The Kier molecular flexibility index (Phi) is 2.23. The molecule has 1 aliphatic heterocycles. The van der Waals surface area contributed by atoms with Gasteiger partial charge in [0.15, 0.2) is 10.9 Å². The molecular weight excluding hydrogens is 214 g/mol. The van der Waals surface area contributed by atoms with Crippen LogP contribution in [0, 0.1) is 10.1 Å². The second-order valence-electron chi connectivity index (χ2n) is 2.05. The number of aliphatic imine (C=N–C) groups is 1. The Morgan fingerprint density at radius 3 is 3.00 bits per heavy atom. The number of amidine groups is 1. The van der Waals surface area contributed by atoms with Crippen LogP contribution in [0.4, 0.5) is 0 Å². The highest BCUT2D eigenvalue weighted by Gasteiger charge is 2.21. The van der Waals surface area contributed by atoms with Crippen molar-refractivity contribution in [3.8, 4) is 0 Å². The summed E-state index contributed by atoms with van der Waals surface area (Å²) in [6, 6.07) is 0. The summed E-state index contributed by atoms with van der Waals surface area (Å²) in [6.45, 7) is 1.85. The molecule has 1 heterocycles. The molecule has 0 N–H and O–H groups in total. The van der Waals surface area contributed by atoms with Gasteiger partial charge in [-0.25, -0.2) is 15.1 Å². The number of nitrogens with zero attached hydrogens (tertiary/aromatic N) is 3. The summed E-state index contributed by atoms with van der Waals surface area (Å²) >= 11 is 3.13.